The van der Waals surface area contributed by atoms with E-state index in [1.807, 2.05) is 0 Å². The van der Waals surface area contributed by atoms with Gasteiger partial charge < -0.3 is 24.1 Å². The lowest BCUT2D eigenvalue weighted by Crippen LogP contribution is -2.25. The Morgan fingerprint density at radius 2 is 1.65 bits per heavy atom. The molecule has 0 atom stereocenters. The van der Waals surface area contributed by atoms with Crippen LogP contribution in [0.15, 0.2) is 77.2 Å². The number of benzene rings is 4. The fraction of sp³-hybridized carbons (Fsp3) is 0.171. The summed E-state index contributed by atoms with van der Waals surface area (Å²) in [6.45, 7) is -0.310. The van der Waals surface area contributed by atoms with Crippen LogP contribution in [0.2, 0.25) is 0 Å². The van der Waals surface area contributed by atoms with E-state index >= 15 is 0 Å². The number of amides is 1. The number of ether oxygens (including phenoxy) is 1. The molecule has 0 spiro atoms. The molecule has 0 saturated heterocycles. The average Bonchev–Trinajstić information content (AvgIpc) is 3.61. The van der Waals surface area contributed by atoms with Gasteiger partial charge in [-0.3, -0.25) is 9.10 Å². The number of halogens is 3. The minimum absolute atomic E-state index is 0.0137. The topological polar surface area (TPSA) is 114 Å². The second-order valence-corrected chi connectivity index (χ2v) is 13.1. The first-order chi connectivity index (χ1) is 22.9. The lowest BCUT2D eigenvalue weighted by atomic mass is 9.96. The highest BCUT2D eigenvalue weighted by Crippen LogP contribution is 2.44. The van der Waals surface area contributed by atoms with Gasteiger partial charge in [-0.05, 0) is 60.2 Å². The third-order valence-electron chi connectivity index (χ3n) is 8.25. The number of fused-ring (bicyclic) bond motifs is 2. The Kier molecular flexibility index (Phi) is 8.44. The number of hydrogen-bond donors (Lipinski definition) is 2. The summed E-state index contributed by atoms with van der Waals surface area (Å²) in [6.07, 6.45) is 1.05. The summed E-state index contributed by atoms with van der Waals surface area (Å²) in [5.41, 5.74) is 2.96. The van der Waals surface area contributed by atoms with E-state index in [2.05, 4.69) is 5.32 Å². The smallest absolute Gasteiger partial charge is 0.255 e. The highest BCUT2D eigenvalue weighted by molar-refractivity contribution is 7.92. The fourth-order valence-corrected chi connectivity index (χ4v) is 6.39. The van der Waals surface area contributed by atoms with Crippen molar-refractivity contribution in [1.29, 1.82) is 0 Å². The Hall–Kier alpha value is -5.27. The minimum Gasteiger partial charge on any atom is -0.496 e. The lowest BCUT2D eigenvalue weighted by molar-refractivity contribution is 0.0964. The number of nitrogens with zero attached hydrogens (tertiary/aromatic N) is 2. The maximum Gasteiger partial charge on any atom is 0.255 e. The van der Waals surface area contributed by atoms with Crippen molar-refractivity contribution >= 4 is 43.5 Å². The molecular weight excluding hydrogens is 647 g/mol. The van der Waals surface area contributed by atoms with Crippen molar-refractivity contribution in [2.24, 2.45) is 0 Å². The van der Waals surface area contributed by atoms with Crippen LogP contribution in [0.25, 0.3) is 55.6 Å². The molecule has 0 unspecified atom stereocenters. The van der Waals surface area contributed by atoms with E-state index in [0.717, 1.165) is 16.6 Å². The quantitative estimate of drug-likeness (QED) is 0.179. The number of carbonyl (C=O) groups is 1. The molecule has 13 heteroatoms. The number of furan rings is 1. The third kappa shape index (κ3) is 5.64. The van der Waals surface area contributed by atoms with Gasteiger partial charge in [-0.1, -0.05) is 6.07 Å². The van der Waals surface area contributed by atoms with Gasteiger partial charge in [-0.15, -0.1) is 0 Å². The van der Waals surface area contributed by atoms with E-state index in [0.29, 0.717) is 39.1 Å². The molecule has 1 amide bonds. The van der Waals surface area contributed by atoms with Crippen LogP contribution in [0.3, 0.4) is 0 Å². The number of carbonyl (C=O) groups excluding carboxylic acids is 1. The van der Waals surface area contributed by atoms with Crippen molar-refractivity contribution < 1.29 is 40.6 Å². The summed E-state index contributed by atoms with van der Waals surface area (Å²) in [4.78, 5) is 13.3. The molecule has 2 aromatic heterocycles. The largest absolute Gasteiger partial charge is 0.496 e. The zero-order valence-corrected chi connectivity index (χ0v) is 27.1. The van der Waals surface area contributed by atoms with Gasteiger partial charge in [-0.25, -0.2) is 21.6 Å². The Balaban J connectivity index is 1.66. The van der Waals surface area contributed by atoms with E-state index in [-0.39, 0.29) is 46.6 Å². The molecule has 2 N–H and O–H groups in total. The standard InChI is InChI=1S/C35H30F3N3O6S/c1-39-35(43)33-26-16-23(28(40(2)48(4,44)45)18-32(26)47-34(33)19-5-8-21(36)9-6-19)20-7-10-31(46-3)25(13-20)30-17-24-27(38)14-22(37)15-29(24)41(30)11-12-42/h5-10,13-18,42H,11-12H2,1-4H3,(H,39,43). The molecule has 0 aliphatic rings. The van der Waals surface area contributed by atoms with E-state index in [4.69, 9.17) is 9.15 Å². The van der Waals surface area contributed by atoms with Gasteiger partial charge in [0.15, 0.2) is 0 Å². The van der Waals surface area contributed by atoms with Crippen molar-refractivity contribution in [3.63, 3.8) is 0 Å². The van der Waals surface area contributed by atoms with Gasteiger partial charge in [0.2, 0.25) is 10.0 Å². The molecule has 0 radical (unpaired) electrons. The van der Waals surface area contributed by atoms with Crippen LogP contribution in [-0.4, -0.2) is 58.1 Å². The maximum atomic E-state index is 14.9. The van der Waals surface area contributed by atoms with E-state index in [9.17, 15) is 31.5 Å². The summed E-state index contributed by atoms with van der Waals surface area (Å²) >= 11 is 0. The van der Waals surface area contributed by atoms with E-state index in [1.54, 1.807) is 28.8 Å². The molecule has 0 fully saturated rings. The monoisotopic (exact) mass is 677 g/mol. The van der Waals surface area contributed by atoms with Crippen LogP contribution >= 0.6 is 0 Å². The molecular formula is C35H30F3N3O6S. The van der Waals surface area contributed by atoms with Crippen LogP contribution in [0.4, 0.5) is 18.9 Å². The maximum absolute atomic E-state index is 14.9. The van der Waals surface area contributed by atoms with Crippen LogP contribution in [0.5, 0.6) is 5.75 Å². The second kappa shape index (κ2) is 12.4. The van der Waals surface area contributed by atoms with Gasteiger partial charge in [0.05, 0.1) is 42.4 Å². The van der Waals surface area contributed by atoms with Crippen molar-refractivity contribution in [1.82, 2.24) is 9.88 Å². The molecule has 9 nitrogen and oxygen atoms in total. The molecule has 0 bridgehead atoms. The molecule has 48 heavy (non-hydrogen) atoms. The number of methoxy groups -OCH3 is 1. The first-order valence-electron chi connectivity index (χ1n) is 14.7. The molecule has 6 aromatic rings. The van der Waals surface area contributed by atoms with E-state index in [1.165, 1.54) is 63.7 Å². The Labute approximate surface area is 273 Å². The second-order valence-electron chi connectivity index (χ2n) is 11.1. The molecule has 248 valence electrons. The Bertz CT molecular complexity index is 2330. The number of rotatable bonds is 9. The number of aromatic nitrogens is 1. The first kappa shape index (κ1) is 32.7. The fourth-order valence-electron chi connectivity index (χ4n) is 5.88. The van der Waals surface area contributed by atoms with Crippen LogP contribution in [0, 0.1) is 17.5 Å². The van der Waals surface area contributed by atoms with Crippen LogP contribution < -0.4 is 14.4 Å². The number of anilines is 1. The van der Waals surface area contributed by atoms with Gasteiger partial charge >= 0.3 is 0 Å². The number of aliphatic hydroxyl groups is 1. The van der Waals surface area contributed by atoms with Gasteiger partial charge in [0.1, 0.15) is 34.5 Å². The summed E-state index contributed by atoms with van der Waals surface area (Å²) in [6, 6.07) is 17.1. The third-order valence-corrected chi connectivity index (χ3v) is 9.44. The van der Waals surface area contributed by atoms with Crippen molar-refractivity contribution in [2.45, 2.75) is 6.54 Å². The average molecular weight is 678 g/mol. The van der Waals surface area contributed by atoms with Gasteiger partial charge in [0.25, 0.3) is 5.91 Å². The number of aliphatic hydroxyl groups excluding tert-OH is 1. The highest BCUT2D eigenvalue weighted by atomic mass is 32.2. The van der Waals surface area contributed by atoms with Crippen LogP contribution in [0.1, 0.15) is 10.4 Å². The van der Waals surface area contributed by atoms with Crippen LogP contribution in [-0.2, 0) is 16.6 Å². The molecule has 2 heterocycles. The Morgan fingerprint density at radius 1 is 0.938 bits per heavy atom. The number of nitrogens with one attached hydrogen (secondary N) is 1. The molecule has 0 aliphatic heterocycles. The highest BCUT2D eigenvalue weighted by Gasteiger charge is 2.27. The summed E-state index contributed by atoms with van der Waals surface area (Å²) in [7, 11) is 0.470. The molecule has 0 saturated carbocycles. The summed E-state index contributed by atoms with van der Waals surface area (Å²) in [5.74, 6) is -1.99. The van der Waals surface area contributed by atoms with Gasteiger partial charge in [0, 0.05) is 60.2 Å². The minimum atomic E-state index is -3.81. The lowest BCUT2D eigenvalue weighted by Gasteiger charge is -2.21. The zero-order valence-electron chi connectivity index (χ0n) is 26.3. The predicted molar refractivity (Wildman–Crippen MR) is 178 cm³/mol. The van der Waals surface area contributed by atoms with Crippen molar-refractivity contribution in [3.05, 3.63) is 95.8 Å². The normalized spacial score (nSPS) is 11.8. The molecule has 6 rings (SSSR count). The Morgan fingerprint density at radius 3 is 2.29 bits per heavy atom. The first-order valence-corrected chi connectivity index (χ1v) is 16.5. The van der Waals surface area contributed by atoms with E-state index < -0.39 is 33.4 Å². The summed E-state index contributed by atoms with van der Waals surface area (Å²) in [5, 5.41) is 13.0. The molecule has 4 aromatic carbocycles. The summed E-state index contributed by atoms with van der Waals surface area (Å²) < 4.78 is 83.2. The molecule has 0 aliphatic carbocycles. The predicted octanol–water partition coefficient (Wildman–Crippen LogP) is 6.56. The van der Waals surface area contributed by atoms with Crippen molar-refractivity contribution in [2.75, 3.05) is 38.4 Å². The zero-order chi connectivity index (χ0) is 34.5. The number of sulfonamides is 1. The number of hydrogen-bond acceptors (Lipinski definition) is 6. The SMILES string of the molecule is CNC(=O)c1c(-c2ccc(F)cc2)oc2cc(N(C)S(C)(=O)=O)c(-c3ccc(OC)c(-c4cc5c(F)cc(F)cc5n4CCO)c3)cc12. The van der Waals surface area contributed by atoms with Gasteiger partial charge in [-0.2, -0.15) is 0 Å². The van der Waals surface area contributed by atoms with Crippen molar-refractivity contribution in [3.8, 4) is 39.5 Å².